The summed E-state index contributed by atoms with van der Waals surface area (Å²) in [5, 5.41) is 13.7. The summed E-state index contributed by atoms with van der Waals surface area (Å²) in [5.41, 5.74) is 1.19. The van der Waals surface area contributed by atoms with Gasteiger partial charge in [-0.3, -0.25) is 0 Å². The Morgan fingerprint density at radius 3 is 2.50 bits per heavy atom. The van der Waals surface area contributed by atoms with Crippen LogP contribution in [0.5, 0.6) is 0 Å². The smallest absolute Gasteiger partial charge is 0.321 e. The first-order chi connectivity index (χ1) is 10.2. The number of nitrogens with zero attached hydrogens (tertiary/aromatic N) is 1. The summed E-state index contributed by atoms with van der Waals surface area (Å²) in [6, 6.07) is 7.85. The first-order valence-corrected chi connectivity index (χ1v) is 8.12. The van der Waals surface area contributed by atoms with Gasteiger partial charge in [0, 0.05) is 18.8 Å². The van der Waals surface area contributed by atoms with Crippen LogP contribution in [0.1, 0.15) is 46.1 Å². The molecular formula is C18H28N2O2. The van der Waals surface area contributed by atoms with E-state index in [9.17, 15) is 9.90 Å². The van der Waals surface area contributed by atoms with E-state index < -0.39 is 5.60 Å². The zero-order valence-corrected chi connectivity index (χ0v) is 14.1. The second kappa shape index (κ2) is 6.29. The van der Waals surface area contributed by atoms with Crippen LogP contribution in [0.15, 0.2) is 24.3 Å². The van der Waals surface area contributed by atoms with Gasteiger partial charge in [-0.05, 0) is 42.4 Å². The maximum Gasteiger partial charge on any atom is 0.321 e. The minimum atomic E-state index is -0.689. The Morgan fingerprint density at radius 1 is 1.32 bits per heavy atom. The Labute approximate surface area is 133 Å². The molecule has 0 atom stereocenters. The van der Waals surface area contributed by atoms with Crippen LogP contribution in [-0.2, 0) is 6.42 Å². The molecule has 22 heavy (non-hydrogen) atoms. The molecule has 0 bridgehead atoms. The fourth-order valence-corrected chi connectivity index (χ4v) is 2.90. The van der Waals surface area contributed by atoms with E-state index in [4.69, 9.17) is 0 Å². The lowest BCUT2D eigenvalue weighted by molar-refractivity contribution is -0.0925. The normalized spacial score (nSPS) is 18.1. The monoisotopic (exact) mass is 304 g/mol. The topological polar surface area (TPSA) is 52.6 Å². The molecule has 0 aromatic heterocycles. The van der Waals surface area contributed by atoms with Gasteiger partial charge in [0.2, 0.25) is 0 Å². The van der Waals surface area contributed by atoms with Crippen molar-refractivity contribution in [2.24, 2.45) is 5.41 Å². The zero-order chi connectivity index (χ0) is 16.4. The van der Waals surface area contributed by atoms with E-state index in [0.717, 1.165) is 12.1 Å². The number of hydrogen-bond donors (Lipinski definition) is 2. The first kappa shape index (κ1) is 16.8. The van der Waals surface area contributed by atoms with Gasteiger partial charge in [0.15, 0.2) is 0 Å². The van der Waals surface area contributed by atoms with Gasteiger partial charge in [-0.1, -0.05) is 39.8 Å². The molecule has 1 aliphatic rings. The number of hydrogen-bond acceptors (Lipinski definition) is 2. The highest BCUT2D eigenvalue weighted by Crippen LogP contribution is 2.38. The fourth-order valence-electron chi connectivity index (χ4n) is 2.90. The van der Waals surface area contributed by atoms with E-state index in [2.05, 4.69) is 39.1 Å². The molecule has 0 saturated carbocycles. The Kier molecular flexibility index (Phi) is 4.81. The number of anilines is 1. The number of aliphatic hydroxyl groups is 1. The average molecular weight is 304 g/mol. The number of benzene rings is 1. The average Bonchev–Trinajstić information content (AvgIpc) is 2.47. The van der Waals surface area contributed by atoms with Crippen molar-refractivity contribution < 1.29 is 9.90 Å². The largest absolute Gasteiger partial charge is 0.389 e. The van der Waals surface area contributed by atoms with Crippen molar-refractivity contribution in [3.63, 3.8) is 0 Å². The minimum absolute atomic E-state index is 0.0794. The van der Waals surface area contributed by atoms with Crippen molar-refractivity contribution in [1.82, 2.24) is 4.90 Å². The number of urea groups is 1. The van der Waals surface area contributed by atoms with Crippen LogP contribution in [0.4, 0.5) is 10.5 Å². The number of carbonyl (C=O) groups excluding carboxylic acids is 1. The zero-order valence-electron chi connectivity index (χ0n) is 14.1. The number of rotatable bonds is 2. The van der Waals surface area contributed by atoms with Crippen LogP contribution < -0.4 is 5.32 Å². The first-order valence-electron chi connectivity index (χ1n) is 8.12. The molecule has 0 aliphatic carbocycles. The number of carbonyl (C=O) groups is 1. The van der Waals surface area contributed by atoms with Gasteiger partial charge in [0.1, 0.15) is 0 Å². The summed E-state index contributed by atoms with van der Waals surface area (Å²) in [4.78, 5) is 14.2. The number of amides is 2. The Morgan fingerprint density at radius 2 is 1.95 bits per heavy atom. The van der Waals surface area contributed by atoms with Gasteiger partial charge < -0.3 is 15.3 Å². The van der Waals surface area contributed by atoms with Crippen molar-refractivity contribution in [2.45, 2.75) is 52.6 Å². The summed E-state index contributed by atoms with van der Waals surface area (Å²) in [6.45, 7) is 9.44. The maximum absolute atomic E-state index is 12.4. The van der Waals surface area contributed by atoms with Crippen LogP contribution in [0.25, 0.3) is 0 Å². The van der Waals surface area contributed by atoms with Crippen molar-refractivity contribution in [1.29, 1.82) is 0 Å². The van der Waals surface area contributed by atoms with Crippen LogP contribution in [0.3, 0.4) is 0 Å². The van der Waals surface area contributed by atoms with Crippen LogP contribution in [-0.4, -0.2) is 34.7 Å². The molecule has 1 saturated heterocycles. The summed E-state index contributed by atoms with van der Waals surface area (Å²) in [6.07, 6.45) is 2.20. The second-order valence-corrected chi connectivity index (χ2v) is 7.25. The lowest BCUT2D eigenvalue weighted by Crippen LogP contribution is -2.53. The summed E-state index contributed by atoms with van der Waals surface area (Å²) in [7, 11) is 0. The lowest BCUT2D eigenvalue weighted by Gasteiger charge is -2.46. The molecule has 2 N–H and O–H groups in total. The molecule has 1 aromatic rings. The third kappa shape index (κ3) is 3.61. The number of piperidine rings is 1. The Hall–Kier alpha value is -1.55. The molecule has 1 aliphatic heterocycles. The van der Waals surface area contributed by atoms with Gasteiger partial charge >= 0.3 is 6.03 Å². The SMILES string of the molecule is CCc1cccc(NC(=O)N2CCC(O)(C(C)(C)C)CC2)c1. The van der Waals surface area contributed by atoms with Crippen molar-refractivity contribution in [2.75, 3.05) is 18.4 Å². The van der Waals surface area contributed by atoms with Crippen LogP contribution in [0.2, 0.25) is 0 Å². The third-order valence-electron chi connectivity index (χ3n) is 4.86. The molecule has 1 fully saturated rings. The Balaban J connectivity index is 1.95. The molecular weight excluding hydrogens is 276 g/mol. The van der Waals surface area contributed by atoms with Gasteiger partial charge in [0.05, 0.1) is 5.60 Å². The van der Waals surface area contributed by atoms with E-state index in [0.29, 0.717) is 25.9 Å². The summed E-state index contributed by atoms with van der Waals surface area (Å²) >= 11 is 0. The van der Waals surface area contributed by atoms with E-state index in [-0.39, 0.29) is 11.4 Å². The van der Waals surface area contributed by atoms with Gasteiger partial charge in [0.25, 0.3) is 0 Å². The van der Waals surface area contributed by atoms with E-state index in [1.807, 2.05) is 18.2 Å². The van der Waals surface area contributed by atoms with Crippen molar-refractivity contribution in [3.8, 4) is 0 Å². The van der Waals surface area contributed by atoms with Crippen LogP contribution >= 0.6 is 0 Å². The molecule has 0 radical (unpaired) electrons. The standard InChI is InChI=1S/C18H28N2O2/c1-5-14-7-6-8-15(13-14)19-16(21)20-11-9-18(22,10-12-20)17(2,3)4/h6-8,13,22H,5,9-12H2,1-4H3,(H,19,21). The lowest BCUT2D eigenvalue weighted by atomic mass is 9.71. The molecule has 1 aromatic carbocycles. The van der Waals surface area contributed by atoms with E-state index in [1.165, 1.54) is 5.56 Å². The van der Waals surface area contributed by atoms with E-state index in [1.54, 1.807) is 4.90 Å². The second-order valence-electron chi connectivity index (χ2n) is 7.25. The molecule has 122 valence electrons. The fraction of sp³-hybridized carbons (Fsp3) is 0.611. The third-order valence-corrected chi connectivity index (χ3v) is 4.86. The van der Waals surface area contributed by atoms with Crippen molar-refractivity contribution in [3.05, 3.63) is 29.8 Å². The molecule has 1 heterocycles. The molecule has 4 nitrogen and oxygen atoms in total. The van der Waals surface area contributed by atoms with Crippen LogP contribution in [0, 0.1) is 5.41 Å². The van der Waals surface area contributed by atoms with Gasteiger partial charge in [-0.15, -0.1) is 0 Å². The van der Waals surface area contributed by atoms with E-state index >= 15 is 0 Å². The number of nitrogens with one attached hydrogen (secondary N) is 1. The highest BCUT2D eigenvalue weighted by atomic mass is 16.3. The number of likely N-dealkylation sites (tertiary alicyclic amines) is 1. The maximum atomic E-state index is 12.4. The molecule has 2 rings (SSSR count). The molecule has 4 heteroatoms. The van der Waals surface area contributed by atoms with Crippen molar-refractivity contribution >= 4 is 11.7 Å². The quantitative estimate of drug-likeness (QED) is 0.876. The Bertz CT molecular complexity index is 526. The predicted octanol–water partition coefficient (Wildman–Crippen LogP) is 3.65. The number of aryl methyl sites for hydroxylation is 1. The summed E-state index contributed by atoms with van der Waals surface area (Å²) in [5.74, 6) is 0. The molecule has 0 spiro atoms. The van der Waals surface area contributed by atoms with Gasteiger partial charge in [-0.2, -0.15) is 0 Å². The highest BCUT2D eigenvalue weighted by Gasteiger charge is 2.43. The predicted molar refractivity (Wildman–Crippen MR) is 90.1 cm³/mol. The minimum Gasteiger partial charge on any atom is -0.389 e. The molecule has 2 amide bonds. The summed E-state index contributed by atoms with van der Waals surface area (Å²) < 4.78 is 0. The highest BCUT2D eigenvalue weighted by molar-refractivity contribution is 5.89. The molecule has 0 unspecified atom stereocenters. The van der Waals surface area contributed by atoms with Gasteiger partial charge in [-0.25, -0.2) is 4.79 Å².